The Hall–Kier alpha value is -3.16. The van der Waals surface area contributed by atoms with Crippen LogP contribution < -0.4 is 10.6 Å². The number of ether oxygens (including phenoxy) is 1. The van der Waals surface area contributed by atoms with E-state index in [9.17, 15) is 9.59 Å². The lowest BCUT2D eigenvalue weighted by atomic mass is 10.1. The molecule has 2 N–H and O–H groups in total. The Labute approximate surface area is 170 Å². The standard InChI is InChI=1S/C21H27N5O3/c1-2-29-21(28)26-12-9-18(10-13-26)25-19(27)17-14-23-20(24-15-17)22-11-8-16-6-4-3-5-7-16/h3-7,14-15,18H,2,8-13H2,1H3,(H,25,27)(H,22,23,24). The molecule has 2 aromatic rings. The van der Waals surface area contributed by atoms with Gasteiger partial charge in [0, 0.05) is 38.1 Å². The van der Waals surface area contributed by atoms with Crippen molar-refractivity contribution in [2.75, 3.05) is 31.6 Å². The Balaban J connectivity index is 1.41. The van der Waals surface area contributed by atoms with E-state index in [0.717, 1.165) is 6.42 Å². The summed E-state index contributed by atoms with van der Waals surface area (Å²) in [5.74, 6) is 0.302. The second-order valence-corrected chi connectivity index (χ2v) is 6.89. The summed E-state index contributed by atoms with van der Waals surface area (Å²) >= 11 is 0. The lowest BCUT2D eigenvalue weighted by molar-refractivity contribution is 0.0859. The Morgan fingerprint density at radius 2 is 1.83 bits per heavy atom. The molecule has 0 atom stereocenters. The van der Waals surface area contributed by atoms with Crippen LogP contribution >= 0.6 is 0 Å². The average Bonchev–Trinajstić information content (AvgIpc) is 2.75. The zero-order valence-corrected chi connectivity index (χ0v) is 16.6. The first kappa shape index (κ1) is 20.6. The first-order chi connectivity index (χ1) is 14.2. The van der Waals surface area contributed by atoms with Crippen LogP contribution in [0.2, 0.25) is 0 Å². The maximum Gasteiger partial charge on any atom is 0.409 e. The third-order valence-corrected chi connectivity index (χ3v) is 4.81. The number of carbonyl (C=O) groups excluding carboxylic acids is 2. The second kappa shape index (κ2) is 10.4. The Morgan fingerprint density at radius 1 is 1.14 bits per heavy atom. The van der Waals surface area contributed by atoms with Gasteiger partial charge in [-0.2, -0.15) is 0 Å². The fourth-order valence-corrected chi connectivity index (χ4v) is 3.19. The van der Waals surface area contributed by atoms with Crippen molar-refractivity contribution < 1.29 is 14.3 Å². The van der Waals surface area contributed by atoms with Gasteiger partial charge in [-0.25, -0.2) is 14.8 Å². The molecule has 0 aliphatic carbocycles. The summed E-state index contributed by atoms with van der Waals surface area (Å²) in [6.07, 6.45) is 5.04. The van der Waals surface area contributed by atoms with E-state index < -0.39 is 0 Å². The molecule has 1 aromatic heterocycles. The first-order valence-corrected chi connectivity index (χ1v) is 9.98. The van der Waals surface area contributed by atoms with Crippen molar-refractivity contribution in [3.05, 3.63) is 53.9 Å². The summed E-state index contributed by atoms with van der Waals surface area (Å²) in [7, 11) is 0. The van der Waals surface area contributed by atoms with Crippen molar-refractivity contribution in [3.63, 3.8) is 0 Å². The van der Waals surface area contributed by atoms with Crippen molar-refractivity contribution in [2.45, 2.75) is 32.2 Å². The number of rotatable bonds is 7. The number of carbonyl (C=O) groups is 2. The molecule has 0 spiro atoms. The van der Waals surface area contributed by atoms with Gasteiger partial charge in [-0.3, -0.25) is 4.79 Å². The van der Waals surface area contributed by atoms with Gasteiger partial charge in [0.2, 0.25) is 5.95 Å². The first-order valence-electron chi connectivity index (χ1n) is 9.98. The summed E-state index contributed by atoms with van der Waals surface area (Å²) in [5.41, 5.74) is 1.66. The van der Waals surface area contributed by atoms with E-state index in [1.54, 1.807) is 11.8 Å². The highest BCUT2D eigenvalue weighted by Gasteiger charge is 2.24. The van der Waals surface area contributed by atoms with Crippen molar-refractivity contribution >= 4 is 17.9 Å². The molecule has 8 heteroatoms. The van der Waals surface area contributed by atoms with E-state index in [2.05, 4.69) is 32.7 Å². The normalized spacial score (nSPS) is 14.3. The number of aromatic nitrogens is 2. The third-order valence-electron chi connectivity index (χ3n) is 4.81. The summed E-state index contributed by atoms with van der Waals surface area (Å²) in [6, 6.07) is 10.2. The molecule has 1 aromatic carbocycles. The largest absolute Gasteiger partial charge is 0.450 e. The molecule has 1 saturated heterocycles. The highest BCUT2D eigenvalue weighted by Crippen LogP contribution is 2.12. The number of nitrogens with zero attached hydrogens (tertiary/aromatic N) is 3. The molecule has 0 saturated carbocycles. The molecule has 0 radical (unpaired) electrons. The minimum absolute atomic E-state index is 0.0249. The molecule has 1 aliphatic heterocycles. The minimum atomic E-state index is -0.291. The molecular formula is C21H27N5O3. The average molecular weight is 397 g/mol. The van der Waals surface area contributed by atoms with Gasteiger partial charge >= 0.3 is 6.09 Å². The van der Waals surface area contributed by atoms with Crippen molar-refractivity contribution in [1.29, 1.82) is 0 Å². The van der Waals surface area contributed by atoms with Gasteiger partial charge < -0.3 is 20.3 Å². The molecule has 1 aliphatic rings. The Kier molecular flexibility index (Phi) is 7.38. The Morgan fingerprint density at radius 3 is 2.48 bits per heavy atom. The molecule has 0 bridgehead atoms. The van der Waals surface area contributed by atoms with Gasteiger partial charge in [-0.05, 0) is 31.7 Å². The topological polar surface area (TPSA) is 96.5 Å². The van der Waals surface area contributed by atoms with Crippen LogP contribution in [0.1, 0.15) is 35.7 Å². The maximum atomic E-state index is 12.4. The van der Waals surface area contributed by atoms with Crippen LogP contribution in [-0.2, 0) is 11.2 Å². The predicted octanol–water partition coefficient (Wildman–Crippen LogP) is 2.48. The van der Waals surface area contributed by atoms with Gasteiger partial charge in [-0.15, -0.1) is 0 Å². The van der Waals surface area contributed by atoms with Gasteiger partial charge in [0.25, 0.3) is 5.91 Å². The van der Waals surface area contributed by atoms with Crippen LogP contribution in [0, 0.1) is 0 Å². The summed E-state index contributed by atoms with van der Waals surface area (Å²) in [5, 5.41) is 6.16. The number of benzene rings is 1. The van der Waals surface area contributed by atoms with E-state index in [1.165, 1.54) is 18.0 Å². The lowest BCUT2D eigenvalue weighted by Crippen LogP contribution is -2.46. The molecule has 2 heterocycles. The number of amides is 2. The molecule has 1 fully saturated rings. The van der Waals surface area contributed by atoms with Crippen LogP contribution in [0.25, 0.3) is 0 Å². The van der Waals surface area contributed by atoms with Gasteiger partial charge in [-0.1, -0.05) is 30.3 Å². The number of piperidine rings is 1. The van der Waals surface area contributed by atoms with Crippen LogP contribution in [0.4, 0.5) is 10.7 Å². The third kappa shape index (κ3) is 6.17. The van der Waals surface area contributed by atoms with E-state index in [1.807, 2.05) is 18.2 Å². The number of hydrogen-bond donors (Lipinski definition) is 2. The SMILES string of the molecule is CCOC(=O)N1CCC(NC(=O)c2cnc(NCCc3ccccc3)nc2)CC1. The fraction of sp³-hybridized carbons (Fsp3) is 0.429. The zero-order chi connectivity index (χ0) is 20.5. The fourth-order valence-electron chi connectivity index (χ4n) is 3.19. The molecule has 0 unspecified atom stereocenters. The summed E-state index contributed by atoms with van der Waals surface area (Å²) in [6.45, 7) is 4.02. The smallest absolute Gasteiger partial charge is 0.409 e. The predicted molar refractivity (Wildman–Crippen MR) is 110 cm³/mol. The van der Waals surface area contributed by atoms with Gasteiger partial charge in [0.15, 0.2) is 0 Å². The number of likely N-dealkylation sites (tertiary alicyclic amines) is 1. The number of anilines is 1. The van der Waals surface area contributed by atoms with E-state index in [0.29, 0.717) is 50.6 Å². The molecule has 8 nitrogen and oxygen atoms in total. The Bertz CT molecular complexity index is 790. The van der Waals surface area contributed by atoms with E-state index in [-0.39, 0.29) is 18.0 Å². The second-order valence-electron chi connectivity index (χ2n) is 6.89. The van der Waals surface area contributed by atoms with Crippen LogP contribution in [0.3, 0.4) is 0 Å². The summed E-state index contributed by atoms with van der Waals surface area (Å²) in [4.78, 5) is 34.3. The highest BCUT2D eigenvalue weighted by molar-refractivity contribution is 5.93. The van der Waals surface area contributed by atoms with Crippen molar-refractivity contribution in [3.8, 4) is 0 Å². The van der Waals surface area contributed by atoms with E-state index >= 15 is 0 Å². The van der Waals surface area contributed by atoms with Crippen LogP contribution in [0.5, 0.6) is 0 Å². The van der Waals surface area contributed by atoms with Gasteiger partial charge in [0.05, 0.1) is 12.2 Å². The highest BCUT2D eigenvalue weighted by atomic mass is 16.6. The van der Waals surface area contributed by atoms with Gasteiger partial charge in [0.1, 0.15) is 0 Å². The number of nitrogens with one attached hydrogen (secondary N) is 2. The van der Waals surface area contributed by atoms with Crippen LogP contribution in [-0.4, -0.2) is 59.2 Å². The molecule has 2 amide bonds. The van der Waals surface area contributed by atoms with E-state index in [4.69, 9.17) is 4.74 Å². The quantitative estimate of drug-likeness (QED) is 0.745. The molecular weight excluding hydrogens is 370 g/mol. The number of hydrogen-bond acceptors (Lipinski definition) is 6. The zero-order valence-electron chi connectivity index (χ0n) is 16.6. The summed E-state index contributed by atoms with van der Waals surface area (Å²) < 4.78 is 5.01. The van der Waals surface area contributed by atoms with Crippen molar-refractivity contribution in [1.82, 2.24) is 20.2 Å². The van der Waals surface area contributed by atoms with Crippen LogP contribution in [0.15, 0.2) is 42.7 Å². The van der Waals surface area contributed by atoms with Crippen molar-refractivity contribution in [2.24, 2.45) is 0 Å². The molecule has 29 heavy (non-hydrogen) atoms. The molecule has 3 rings (SSSR count). The lowest BCUT2D eigenvalue weighted by Gasteiger charge is -2.31. The monoisotopic (exact) mass is 397 g/mol. The maximum absolute atomic E-state index is 12.4. The minimum Gasteiger partial charge on any atom is -0.450 e. The molecule has 154 valence electrons.